The smallest absolute Gasteiger partial charge is 0.0452 e. The average molecular weight is 260 g/mol. The molecule has 0 aliphatic carbocycles. The van der Waals surface area contributed by atoms with Crippen LogP contribution in [0.25, 0.3) is 0 Å². The lowest BCUT2D eigenvalue weighted by Crippen LogP contribution is -2.23. The van der Waals surface area contributed by atoms with Gasteiger partial charge in [0.05, 0.1) is 0 Å². The van der Waals surface area contributed by atoms with Crippen LogP contribution in [0.15, 0.2) is 18.2 Å². The van der Waals surface area contributed by atoms with E-state index in [4.69, 9.17) is 23.2 Å². The third-order valence-corrected chi connectivity index (χ3v) is 3.09. The first-order valence-corrected chi connectivity index (χ1v) is 6.53. The fourth-order valence-corrected chi connectivity index (χ4v) is 2.15. The highest BCUT2D eigenvalue weighted by atomic mass is 35.5. The fraction of sp³-hybridized carbons (Fsp3) is 0.538. The fourth-order valence-electron chi connectivity index (χ4n) is 1.66. The molecule has 0 saturated carbocycles. The summed E-state index contributed by atoms with van der Waals surface area (Å²) in [7, 11) is 0. The number of hydrogen-bond donors (Lipinski definition) is 1. The maximum atomic E-state index is 6.13. The van der Waals surface area contributed by atoms with E-state index in [1.807, 2.05) is 18.2 Å². The summed E-state index contributed by atoms with van der Waals surface area (Å²) in [6, 6.07) is 5.72. The molecule has 0 aliphatic heterocycles. The van der Waals surface area contributed by atoms with Gasteiger partial charge in [0, 0.05) is 10.0 Å². The lowest BCUT2D eigenvalue weighted by atomic mass is 10.0. The first-order chi connectivity index (χ1) is 7.63. The standard InChI is InChI=1S/C13H19Cl2N/c1-3-6-16-9-10(2)7-11-4-5-12(14)8-13(11)15/h4-5,8,10,16H,3,6-7,9H2,1-2H3. The summed E-state index contributed by atoms with van der Waals surface area (Å²) in [6.07, 6.45) is 2.17. The minimum Gasteiger partial charge on any atom is -0.316 e. The molecule has 0 spiro atoms. The zero-order chi connectivity index (χ0) is 12.0. The van der Waals surface area contributed by atoms with E-state index in [0.717, 1.165) is 24.5 Å². The highest BCUT2D eigenvalue weighted by Crippen LogP contribution is 2.23. The second-order valence-electron chi connectivity index (χ2n) is 4.25. The quantitative estimate of drug-likeness (QED) is 0.757. The molecule has 0 saturated heterocycles. The van der Waals surface area contributed by atoms with Crippen LogP contribution in [0.1, 0.15) is 25.8 Å². The van der Waals surface area contributed by atoms with Crippen LogP contribution in [0.5, 0.6) is 0 Å². The van der Waals surface area contributed by atoms with Crippen LogP contribution in [-0.4, -0.2) is 13.1 Å². The van der Waals surface area contributed by atoms with Crippen molar-refractivity contribution in [1.82, 2.24) is 5.32 Å². The predicted molar refractivity (Wildman–Crippen MR) is 72.5 cm³/mol. The Morgan fingerprint density at radius 2 is 2.06 bits per heavy atom. The summed E-state index contributed by atoms with van der Waals surface area (Å²) in [5, 5.41) is 4.89. The number of halogens is 2. The summed E-state index contributed by atoms with van der Waals surface area (Å²) in [5.41, 5.74) is 1.18. The van der Waals surface area contributed by atoms with Crippen molar-refractivity contribution >= 4 is 23.2 Å². The SMILES string of the molecule is CCCNCC(C)Cc1ccc(Cl)cc1Cl. The third-order valence-electron chi connectivity index (χ3n) is 2.50. The topological polar surface area (TPSA) is 12.0 Å². The molecule has 0 heterocycles. The summed E-state index contributed by atoms with van der Waals surface area (Å²) in [5.74, 6) is 0.588. The van der Waals surface area contributed by atoms with Crippen molar-refractivity contribution in [2.75, 3.05) is 13.1 Å². The molecule has 16 heavy (non-hydrogen) atoms. The van der Waals surface area contributed by atoms with E-state index in [-0.39, 0.29) is 0 Å². The second kappa shape index (κ2) is 7.16. The third kappa shape index (κ3) is 4.73. The van der Waals surface area contributed by atoms with Crippen molar-refractivity contribution < 1.29 is 0 Å². The van der Waals surface area contributed by atoms with Gasteiger partial charge in [-0.1, -0.05) is 43.1 Å². The molecule has 1 atom stereocenters. The Kier molecular flexibility index (Phi) is 6.18. The van der Waals surface area contributed by atoms with E-state index in [9.17, 15) is 0 Å². The number of benzene rings is 1. The van der Waals surface area contributed by atoms with Gasteiger partial charge in [-0.2, -0.15) is 0 Å². The van der Waals surface area contributed by atoms with E-state index in [0.29, 0.717) is 10.9 Å². The minimum absolute atomic E-state index is 0.588. The van der Waals surface area contributed by atoms with E-state index in [1.165, 1.54) is 12.0 Å². The molecular formula is C13H19Cl2N. The number of nitrogens with one attached hydrogen (secondary N) is 1. The molecule has 1 nitrogen and oxygen atoms in total. The zero-order valence-corrected chi connectivity index (χ0v) is 11.4. The van der Waals surface area contributed by atoms with Gasteiger partial charge in [0.25, 0.3) is 0 Å². The highest BCUT2D eigenvalue weighted by Gasteiger charge is 2.06. The lowest BCUT2D eigenvalue weighted by Gasteiger charge is -2.13. The molecule has 0 bridgehead atoms. The summed E-state index contributed by atoms with van der Waals surface area (Å²) in [4.78, 5) is 0. The van der Waals surface area contributed by atoms with Gasteiger partial charge in [-0.05, 0) is 49.5 Å². The highest BCUT2D eigenvalue weighted by molar-refractivity contribution is 6.35. The zero-order valence-electron chi connectivity index (χ0n) is 9.89. The number of rotatable bonds is 6. The Bertz CT molecular complexity index is 326. The van der Waals surface area contributed by atoms with Crippen LogP contribution in [0.2, 0.25) is 10.0 Å². The lowest BCUT2D eigenvalue weighted by molar-refractivity contribution is 0.511. The van der Waals surface area contributed by atoms with Gasteiger partial charge in [-0.15, -0.1) is 0 Å². The van der Waals surface area contributed by atoms with E-state index in [2.05, 4.69) is 19.2 Å². The molecule has 0 radical (unpaired) electrons. The van der Waals surface area contributed by atoms with Gasteiger partial charge in [-0.3, -0.25) is 0 Å². The van der Waals surface area contributed by atoms with Crippen molar-refractivity contribution in [3.05, 3.63) is 33.8 Å². The van der Waals surface area contributed by atoms with Crippen LogP contribution < -0.4 is 5.32 Å². The summed E-state index contributed by atoms with van der Waals surface area (Å²) < 4.78 is 0. The maximum Gasteiger partial charge on any atom is 0.0452 e. The molecule has 3 heteroatoms. The van der Waals surface area contributed by atoms with Crippen LogP contribution in [0, 0.1) is 5.92 Å². The van der Waals surface area contributed by atoms with Crippen LogP contribution in [0.3, 0.4) is 0 Å². The Morgan fingerprint density at radius 1 is 1.31 bits per heavy atom. The van der Waals surface area contributed by atoms with Crippen LogP contribution in [-0.2, 0) is 6.42 Å². The number of hydrogen-bond acceptors (Lipinski definition) is 1. The van der Waals surface area contributed by atoms with Crippen LogP contribution in [0.4, 0.5) is 0 Å². The first kappa shape index (κ1) is 13.8. The minimum atomic E-state index is 0.588. The molecular weight excluding hydrogens is 241 g/mol. The largest absolute Gasteiger partial charge is 0.316 e. The normalized spacial score (nSPS) is 12.8. The van der Waals surface area contributed by atoms with Gasteiger partial charge < -0.3 is 5.32 Å². The van der Waals surface area contributed by atoms with Crippen molar-refractivity contribution in [2.24, 2.45) is 5.92 Å². The average Bonchev–Trinajstić information content (AvgIpc) is 2.23. The van der Waals surface area contributed by atoms with Gasteiger partial charge in [0.1, 0.15) is 0 Å². The molecule has 0 fully saturated rings. The Hall–Kier alpha value is -0.240. The van der Waals surface area contributed by atoms with E-state index >= 15 is 0 Å². The molecule has 90 valence electrons. The van der Waals surface area contributed by atoms with E-state index in [1.54, 1.807) is 0 Å². The molecule has 1 aromatic carbocycles. The Morgan fingerprint density at radius 3 is 2.69 bits per heavy atom. The van der Waals surface area contributed by atoms with Crippen molar-refractivity contribution in [1.29, 1.82) is 0 Å². The van der Waals surface area contributed by atoms with Gasteiger partial charge in [0.15, 0.2) is 0 Å². The monoisotopic (exact) mass is 259 g/mol. The molecule has 1 aromatic rings. The molecule has 0 aromatic heterocycles. The van der Waals surface area contributed by atoms with Crippen molar-refractivity contribution in [2.45, 2.75) is 26.7 Å². The Labute approximate surface area is 108 Å². The molecule has 1 N–H and O–H groups in total. The second-order valence-corrected chi connectivity index (χ2v) is 5.09. The van der Waals surface area contributed by atoms with E-state index < -0.39 is 0 Å². The Balaban J connectivity index is 2.46. The molecule has 1 rings (SSSR count). The maximum absolute atomic E-state index is 6.13. The molecule has 0 aliphatic rings. The summed E-state index contributed by atoms with van der Waals surface area (Å²) >= 11 is 12.0. The predicted octanol–water partition coefficient (Wildman–Crippen LogP) is 4.17. The van der Waals surface area contributed by atoms with Crippen molar-refractivity contribution in [3.63, 3.8) is 0 Å². The van der Waals surface area contributed by atoms with Gasteiger partial charge >= 0.3 is 0 Å². The van der Waals surface area contributed by atoms with Crippen molar-refractivity contribution in [3.8, 4) is 0 Å². The first-order valence-electron chi connectivity index (χ1n) is 5.78. The summed E-state index contributed by atoms with van der Waals surface area (Å²) in [6.45, 7) is 6.52. The van der Waals surface area contributed by atoms with Gasteiger partial charge in [-0.25, -0.2) is 0 Å². The molecule has 1 unspecified atom stereocenters. The van der Waals surface area contributed by atoms with Gasteiger partial charge in [0.2, 0.25) is 0 Å². The van der Waals surface area contributed by atoms with Crippen LogP contribution >= 0.6 is 23.2 Å². The molecule has 0 amide bonds.